The molecular formula is C17H26N2. The Morgan fingerprint density at radius 1 is 1.16 bits per heavy atom. The molecular weight excluding hydrogens is 232 g/mol. The molecule has 104 valence electrons. The monoisotopic (exact) mass is 258 g/mol. The Kier molecular flexibility index (Phi) is 3.90. The lowest BCUT2D eigenvalue weighted by Crippen LogP contribution is -2.27. The fourth-order valence-corrected chi connectivity index (χ4v) is 3.33. The number of hydrogen-bond acceptors (Lipinski definition) is 2. The molecule has 0 amide bonds. The number of nitrogens with one attached hydrogen (secondary N) is 1. The minimum absolute atomic E-state index is 0.866. The Hall–Kier alpha value is -0.860. The van der Waals surface area contributed by atoms with Crippen molar-refractivity contribution < 1.29 is 0 Å². The van der Waals surface area contributed by atoms with Crippen molar-refractivity contribution >= 4 is 0 Å². The molecule has 2 heteroatoms. The highest BCUT2D eigenvalue weighted by atomic mass is 15.2. The van der Waals surface area contributed by atoms with E-state index in [2.05, 4.69) is 42.3 Å². The van der Waals surface area contributed by atoms with Crippen LogP contribution in [-0.2, 0) is 6.54 Å². The first-order chi connectivity index (χ1) is 9.24. The summed E-state index contributed by atoms with van der Waals surface area (Å²) in [5.74, 6) is 0.866. The van der Waals surface area contributed by atoms with Gasteiger partial charge in [0, 0.05) is 19.1 Å². The van der Waals surface area contributed by atoms with Gasteiger partial charge in [-0.3, -0.25) is 0 Å². The van der Waals surface area contributed by atoms with Crippen LogP contribution in [0.25, 0.3) is 0 Å². The average Bonchev–Trinajstić information content (AvgIpc) is 3.13. The molecule has 3 rings (SSSR count). The Balaban J connectivity index is 1.45. The summed E-state index contributed by atoms with van der Waals surface area (Å²) >= 11 is 0. The second kappa shape index (κ2) is 5.64. The smallest absolute Gasteiger partial charge is 0.0210 e. The van der Waals surface area contributed by atoms with Crippen LogP contribution in [-0.4, -0.2) is 30.6 Å². The Labute approximate surface area is 117 Å². The number of rotatable bonds is 5. The van der Waals surface area contributed by atoms with Gasteiger partial charge in [0.2, 0.25) is 0 Å². The van der Waals surface area contributed by atoms with Gasteiger partial charge >= 0.3 is 0 Å². The molecule has 1 saturated carbocycles. The van der Waals surface area contributed by atoms with Crippen molar-refractivity contribution in [1.82, 2.24) is 10.2 Å². The Morgan fingerprint density at radius 3 is 2.58 bits per heavy atom. The average molecular weight is 258 g/mol. The molecule has 1 saturated heterocycles. The van der Waals surface area contributed by atoms with Gasteiger partial charge in [-0.25, -0.2) is 0 Å². The summed E-state index contributed by atoms with van der Waals surface area (Å²) in [6.07, 6.45) is 4.28. The molecule has 1 unspecified atom stereocenters. The predicted octanol–water partition coefficient (Wildman–Crippen LogP) is 2.88. The van der Waals surface area contributed by atoms with Gasteiger partial charge < -0.3 is 10.2 Å². The van der Waals surface area contributed by atoms with E-state index in [4.69, 9.17) is 0 Å². The molecule has 1 atom stereocenters. The largest absolute Gasteiger partial charge is 0.312 e. The van der Waals surface area contributed by atoms with E-state index in [1.165, 1.54) is 55.6 Å². The minimum atomic E-state index is 0.866. The predicted molar refractivity (Wildman–Crippen MR) is 80.3 cm³/mol. The van der Waals surface area contributed by atoms with E-state index in [1.54, 1.807) is 0 Å². The highest BCUT2D eigenvalue weighted by Gasteiger charge is 2.33. The minimum Gasteiger partial charge on any atom is -0.312 e. The molecule has 1 aromatic rings. The second-order valence-electron chi connectivity index (χ2n) is 6.38. The molecule has 0 radical (unpaired) electrons. The van der Waals surface area contributed by atoms with E-state index in [-0.39, 0.29) is 0 Å². The maximum atomic E-state index is 3.68. The van der Waals surface area contributed by atoms with Gasteiger partial charge in [0.25, 0.3) is 0 Å². The molecule has 0 spiro atoms. The molecule has 1 N–H and O–H groups in total. The summed E-state index contributed by atoms with van der Waals surface area (Å²) in [6, 6.07) is 7.53. The van der Waals surface area contributed by atoms with Crippen molar-refractivity contribution in [3.8, 4) is 0 Å². The van der Waals surface area contributed by atoms with E-state index in [0.717, 1.165) is 18.5 Å². The van der Waals surface area contributed by atoms with Gasteiger partial charge in [-0.2, -0.15) is 0 Å². The van der Waals surface area contributed by atoms with Crippen molar-refractivity contribution in [1.29, 1.82) is 0 Å². The molecule has 0 aromatic heterocycles. The molecule has 1 aliphatic heterocycles. The van der Waals surface area contributed by atoms with Crippen LogP contribution in [0.2, 0.25) is 0 Å². The molecule has 0 bridgehead atoms. The zero-order valence-electron chi connectivity index (χ0n) is 12.3. The number of benzene rings is 1. The third-order valence-corrected chi connectivity index (χ3v) is 4.76. The lowest BCUT2D eigenvalue weighted by atomic mass is 10.0. The van der Waals surface area contributed by atoms with E-state index in [9.17, 15) is 0 Å². The summed E-state index contributed by atoms with van der Waals surface area (Å²) in [4.78, 5) is 2.70. The maximum Gasteiger partial charge on any atom is 0.0210 e. The van der Waals surface area contributed by atoms with Gasteiger partial charge in [-0.05, 0) is 68.8 Å². The first-order valence-electron chi connectivity index (χ1n) is 7.74. The fraction of sp³-hybridized carbons (Fsp3) is 0.647. The molecule has 19 heavy (non-hydrogen) atoms. The van der Waals surface area contributed by atoms with Crippen molar-refractivity contribution in [3.63, 3.8) is 0 Å². The summed E-state index contributed by atoms with van der Waals surface area (Å²) in [5, 5.41) is 3.68. The highest BCUT2D eigenvalue weighted by molar-refractivity contribution is 5.33. The first kappa shape index (κ1) is 13.1. The van der Waals surface area contributed by atoms with Crippen LogP contribution in [0.5, 0.6) is 0 Å². The Morgan fingerprint density at radius 2 is 1.89 bits per heavy atom. The van der Waals surface area contributed by atoms with Crippen molar-refractivity contribution in [2.45, 2.75) is 45.7 Å². The SMILES string of the molecule is Cc1cccc(C)c1CNCC1CCN(C2CC2)C1. The summed E-state index contributed by atoms with van der Waals surface area (Å²) in [7, 11) is 0. The topological polar surface area (TPSA) is 15.3 Å². The molecule has 2 fully saturated rings. The van der Waals surface area contributed by atoms with Crippen LogP contribution < -0.4 is 5.32 Å². The van der Waals surface area contributed by atoms with E-state index < -0.39 is 0 Å². The van der Waals surface area contributed by atoms with Crippen molar-refractivity contribution in [2.24, 2.45) is 5.92 Å². The number of nitrogens with zero attached hydrogens (tertiary/aromatic N) is 1. The second-order valence-corrected chi connectivity index (χ2v) is 6.38. The van der Waals surface area contributed by atoms with Gasteiger partial charge in [0.05, 0.1) is 0 Å². The zero-order valence-corrected chi connectivity index (χ0v) is 12.3. The zero-order chi connectivity index (χ0) is 13.2. The summed E-state index contributed by atoms with van der Waals surface area (Å²) in [6.45, 7) is 9.29. The van der Waals surface area contributed by atoms with Gasteiger partial charge in [0.15, 0.2) is 0 Å². The van der Waals surface area contributed by atoms with Crippen LogP contribution in [0.4, 0.5) is 0 Å². The lowest BCUT2D eigenvalue weighted by Gasteiger charge is -2.16. The third-order valence-electron chi connectivity index (χ3n) is 4.76. The molecule has 2 aliphatic rings. The quantitative estimate of drug-likeness (QED) is 0.873. The van der Waals surface area contributed by atoms with Crippen LogP contribution >= 0.6 is 0 Å². The third kappa shape index (κ3) is 3.18. The van der Waals surface area contributed by atoms with Gasteiger partial charge in [0.1, 0.15) is 0 Å². The molecule has 1 heterocycles. The van der Waals surface area contributed by atoms with Crippen LogP contribution in [0, 0.1) is 19.8 Å². The van der Waals surface area contributed by atoms with Gasteiger partial charge in [-0.15, -0.1) is 0 Å². The molecule has 2 nitrogen and oxygen atoms in total. The van der Waals surface area contributed by atoms with E-state index in [1.807, 2.05) is 0 Å². The van der Waals surface area contributed by atoms with Crippen molar-refractivity contribution in [3.05, 3.63) is 34.9 Å². The number of aryl methyl sites for hydroxylation is 2. The van der Waals surface area contributed by atoms with Crippen LogP contribution in [0.3, 0.4) is 0 Å². The maximum absolute atomic E-state index is 3.68. The fourth-order valence-electron chi connectivity index (χ4n) is 3.33. The van der Waals surface area contributed by atoms with Crippen molar-refractivity contribution in [2.75, 3.05) is 19.6 Å². The summed E-state index contributed by atoms with van der Waals surface area (Å²) in [5.41, 5.74) is 4.32. The normalized spacial score (nSPS) is 24.0. The highest BCUT2D eigenvalue weighted by Crippen LogP contribution is 2.31. The van der Waals surface area contributed by atoms with E-state index in [0.29, 0.717) is 0 Å². The lowest BCUT2D eigenvalue weighted by molar-refractivity contribution is 0.312. The Bertz CT molecular complexity index is 417. The molecule has 1 aliphatic carbocycles. The summed E-state index contributed by atoms with van der Waals surface area (Å²) < 4.78 is 0. The van der Waals surface area contributed by atoms with Gasteiger partial charge in [-0.1, -0.05) is 18.2 Å². The molecule has 1 aromatic carbocycles. The van der Waals surface area contributed by atoms with E-state index >= 15 is 0 Å². The first-order valence-corrected chi connectivity index (χ1v) is 7.74. The van der Waals surface area contributed by atoms with Crippen LogP contribution in [0.15, 0.2) is 18.2 Å². The number of likely N-dealkylation sites (tertiary alicyclic amines) is 1. The number of hydrogen-bond donors (Lipinski definition) is 1. The van der Waals surface area contributed by atoms with Crippen LogP contribution in [0.1, 0.15) is 36.0 Å². The standard InChI is InChI=1S/C17H26N2/c1-13-4-3-5-14(2)17(13)11-18-10-15-8-9-19(12-15)16-6-7-16/h3-5,15-16,18H,6-12H2,1-2H3.